The zero-order valence-corrected chi connectivity index (χ0v) is 10.9. The molecule has 0 unspecified atom stereocenters. The van der Waals surface area contributed by atoms with E-state index in [1.54, 1.807) is 6.08 Å². The molecule has 2 aromatic rings. The van der Waals surface area contributed by atoms with Gasteiger partial charge in [-0.3, -0.25) is 5.21 Å². The fraction of sp³-hybridized carbons (Fsp3) is 0.0667. The number of benzene rings is 2. The fourth-order valence-corrected chi connectivity index (χ4v) is 1.75. The Bertz CT molecular complexity index is 611. The number of hydrogen-bond donors (Lipinski definition) is 2. The van der Waals surface area contributed by atoms with Crippen molar-refractivity contribution in [1.29, 1.82) is 0 Å². The Morgan fingerprint density at radius 2 is 1.90 bits per heavy atom. The lowest BCUT2D eigenvalue weighted by Crippen LogP contribution is -2.13. The molecule has 0 aliphatic rings. The van der Waals surface area contributed by atoms with Crippen molar-refractivity contribution in [3.63, 3.8) is 0 Å². The van der Waals surface area contributed by atoms with E-state index in [4.69, 9.17) is 4.74 Å². The summed E-state index contributed by atoms with van der Waals surface area (Å²) in [6, 6.07) is 11.6. The molecule has 0 fully saturated rings. The zero-order valence-electron chi connectivity index (χ0n) is 10.9. The first-order valence-corrected chi connectivity index (χ1v) is 5.91. The number of hydrogen-bond acceptors (Lipinski definition) is 5. The first-order chi connectivity index (χ1) is 9.61. The number of phenolic OH excluding ortho intramolecular Hbond substituents is 1. The fourth-order valence-electron chi connectivity index (χ4n) is 1.75. The molecule has 5 nitrogen and oxygen atoms in total. The van der Waals surface area contributed by atoms with E-state index < -0.39 is 5.75 Å². The van der Waals surface area contributed by atoms with Gasteiger partial charge in [0.05, 0.1) is 7.11 Å². The van der Waals surface area contributed by atoms with E-state index in [0.717, 1.165) is 11.6 Å². The van der Waals surface area contributed by atoms with Crippen molar-refractivity contribution >= 4 is 11.8 Å². The molecule has 0 amide bonds. The van der Waals surface area contributed by atoms with Gasteiger partial charge in [-0.15, -0.1) is 0 Å². The van der Waals surface area contributed by atoms with Crippen LogP contribution in [0.4, 0.5) is 5.69 Å². The van der Waals surface area contributed by atoms with E-state index >= 15 is 0 Å². The molecule has 2 rings (SSSR count). The van der Waals surface area contributed by atoms with Crippen LogP contribution >= 0.6 is 0 Å². The van der Waals surface area contributed by atoms with Crippen LogP contribution in [0.5, 0.6) is 17.2 Å². The molecule has 5 heteroatoms. The van der Waals surface area contributed by atoms with Gasteiger partial charge in [-0.25, -0.2) is 5.06 Å². The minimum atomic E-state index is -0.540. The molecule has 0 spiro atoms. The molecule has 2 N–H and O–H groups in total. The minimum Gasteiger partial charge on any atom is -0.871 e. The zero-order chi connectivity index (χ0) is 14.5. The highest BCUT2D eigenvalue weighted by Crippen LogP contribution is 2.38. The van der Waals surface area contributed by atoms with E-state index in [-0.39, 0.29) is 17.2 Å². The normalized spacial score (nSPS) is 10.7. The van der Waals surface area contributed by atoms with Gasteiger partial charge in [-0.1, -0.05) is 36.1 Å². The maximum Gasteiger partial charge on any atom is 0.147 e. The number of nitrogens with zero attached hydrogens (tertiary/aromatic N) is 1. The molecule has 0 atom stereocenters. The molecule has 104 valence electrons. The third-order valence-corrected chi connectivity index (χ3v) is 2.68. The van der Waals surface area contributed by atoms with Gasteiger partial charge < -0.3 is 14.9 Å². The number of aromatic hydroxyl groups is 1. The number of hydroxylamine groups is 1. The van der Waals surface area contributed by atoms with Crippen molar-refractivity contribution in [2.24, 2.45) is 0 Å². The van der Waals surface area contributed by atoms with Gasteiger partial charge in [0.25, 0.3) is 0 Å². The van der Waals surface area contributed by atoms with Crippen LogP contribution < -0.4 is 14.9 Å². The Morgan fingerprint density at radius 3 is 2.55 bits per heavy atom. The molecular formula is C15H14NO4-. The highest BCUT2D eigenvalue weighted by atomic mass is 16.5. The van der Waals surface area contributed by atoms with Crippen LogP contribution in [0.2, 0.25) is 0 Å². The first kappa shape index (κ1) is 13.8. The molecule has 0 aliphatic heterocycles. The van der Waals surface area contributed by atoms with Gasteiger partial charge in [0.1, 0.15) is 17.2 Å². The topological polar surface area (TPSA) is 76.0 Å². The van der Waals surface area contributed by atoms with Crippen molar-refractivity contribution < 1.29 is 20.2 Å². The Kier molecular flexibility index (Phi) is 4.12. The van der Waals surface area contributed by atoms with Gasteiger partial charge >= 0.3 is 0 Å². The largest absolute Gasteiger partial charge is 0.871 e. The predicted octanol–water partition coefficient (Wildman–Crippen LogP) is 2.34. The lowest BCUT2D eigenvalue weighted by Gasteiger charge is -2.22. The SMILES string of the molecule is COc1cc(O)cc([O-])c1N(O)/C=C/c1ccccc1. The van der Waals surface area contributed by atoms with Crippen molar-refractivity contribution in [2.75, 3.05) is 12.2 Å². The summed E-state index contributed by atoms with van der Waals surface area (Å²) in [6.07, 6.45) is 2.98. The maximum absolute atomic E-state index is 11.8. The van der Waals surface area contributed by atoms with Crippen LogP contribution in [0.1, 0.15) is 5.56 Å². The number of rotatable bonds is 4. The van der Waals surface area contributed by atoms with Crippen LogP contribution in [-0.2, 0) is 0 Å². The quantitative estimate of drug-likeness (QED) is 0.835. The van der Waals surface area contributed by atoms with E-state index in [0.29, 0.717) is 5.06 Å². The van der Waals surface area contributed by atoms with Crippen LogP contribution in [0, 0.1) is 0 Å². The highest BCUT2D eigenvalue weighted by Gasteiger charge is 2.10. The molecule has 20 heavy (non-hydrogen) atoms. The van der Waals surface area contributed by atoms with Gasteiger partial charge in [-0.2, -0.15) is 0 Å². The van der Waals surface area contributed by atoms with Gasteiger partial charge in [0.2, 0.25) is 0 Å². The van der Waals surface area contributed by atoms with Crippen molar-refractivity contribution in [1.82, 2.24) is 0 Å². The smallest absolute Gasteiger partial charge is 0.147 e. The van der Waals surface area contributed by atoms with Crippen LogP contribution in [-0.4, -0.2) is 17.4 Å². The molecule has 2 aromatic carbocycles. The van der Waals surface area contributed by atoms with E-state index in [2.05, 4.69) is 0 Å². The molecule has 0 saturated heterocycles. The van der Waals surface area contributed by atoms with Crippen molar-refractivity contribution in [2.45, 2.75) is 0 Å². The Hall–Kier alpha value is -2.66. The second kappa shape index (κ2) is 5.99. The Morgan fingerprint density at radius 1 is 1.20 bits per heavy atom. The van der Waals surface area contributed by atoms with E-state index in [9.17, 15) is 15.4 Å². The molecular weight excluding hydrogens is 258 g/mol. The second-order valence-electron chi connectivity index (χ2n) is 4.07. The van der Waals surface area contributed by atoms with Gasteiger partial charge in [-0.05, 0) is 17.7 Å². The highest BCUT2D eigenvalue weighted by molar-refractivity contribution is 5.70. The Balaban J connectivity index is 2.30. The Labute approximate surface area is 116 Å². The summed E-state index contributed by atoms with van der Waals surface area (Å²) in [6.45, 7) is 0. The predicted molar refractivity (Wildman–Crippen MR) is 73.8 cm³/mol. The van der Waals surface area contributed by atoms with Crippen molar-refractivity contribution in [3.8, 4) is 17.2 Å². The monoisotopic (exact) mass is 272 g/mol. The van der Waals surface area contributed by atoms with E-state index in [1.165, 1.54) is 19.4 Å². The average Bonchev–Trinajstić information content (AvgIpc) is 2.45. The third-order valence-electron chi connectivity index (χ3n) is 2.68. The first-order valence-electron chi connectivity index (χ1n) is 5.91. The summed E-state index contributed by atoms with van der Waals surface area (Å²) < 4.78 is 4.98. The number of ether oxygens (including phenoxy) is 1. The summed E-state index contributed by atoms with van der Waals surface area (Å²) in [5.41, 5.74) is 0.814. The summed E-state index contributed by atoms with van der Waals surface area (Å²) in [4.78, 5) is 0. The molecule has 0 radical (unpaired) electrons. The lowest BCUT2D eigenvalue weighted by atomic mass is 10.2. The number of methoxy groups -OCH3 is 1. The summed E-state index contributed by atoms with van der Waals surface area (Å²) in [7, 11) is 1.35. The second-order valence-corrected chi connectivity index (χ2v) is 4.07. The van der Waals surface area contributed by atoms with Crippen LogP contribution in [0.15, 0.2) is 48.7 Å². The average molecular weight is 272 g/mol. The maximum atomic E-state index is 11.8. The summed E-state index contributed by atoms with van der Waals surface area (Å²) in [5.74, 6) is -0.659. The summed E-state index contributed by atoms with van der Waals surface area (Å²) >= 11 is 0. The van der Waals surface area contributed by atoms with Crippen LogP contribution in [0.25, 0.3) is 6.08 Å². The van der Waals surface area contributed by atoms with E-state index in [1.807, 2.05) is 30.3 Å². The molecule has 0 saturated carbocycles. The molecule has 0 aliphatic carbocycles. The third kappa shape index (κ3) is 3.02. The number of phenols is 1. The van der Waals surface area contributed by atoms with Gasteiger partial charge in [0, 0.05) is 12.3 Å². The minimum absolute atomic E-state index is 0.0579. The number of anilines is 1. The summed E-state index contributed by atoms with van der Waals surface area (Å²) in [5, 5.41) is 31.8. The van der Waals surface area contributed by atoms with Gasteiger partial charge in [0.15, 0.2) is 0 Å². The lowest BCUT2D eigenvalue weighted by molar-refractivity contribution is -0.267. The van der Waals surface area contributed by atoms with Crippen molar-refractivity contribution in [3.05, 3.63) is 54.2 Å². The molecule has 0 heterocycles. The standard InChI is InChI=1S/C15H15NO4/c1-20-14-10-12(17)9-13(18)15(14)16(19)8-7-11-5-3-2-4-6-11/h2-10,17-19H,1H3/p-1/b8-7+. The van der Waals surface area contributed by atoms with Crippen LogP contribution in [0.3, 0.4) is 0 Å². The molecule has 0 bridgehead atoms. The molecule has 0 aromatic heterocycles.